The van der Waals surface area contributed by atoms with Crippen LogP contribution in [0.4, 0.5) is 42.1 Å². The zero-order valence-corrected chi connectivity index (χ0v) is 20.5. The smallest absolute Gasteiger partial charge is 0.416 e. The highest BCUT2D eigenvalue weighted by molar-refractivity contribution is 5.95. The van der Waals surface area contributed by atoms with Gasteiger partial charge >= 0.3 is 12.2 Å². The number of alkyl halides is 3. The number of halogens is 3. The van der Waals surface area contributed by atoms with E-state index in [0.717, 1.165) is 28.6 Å². The number of amides is 1. The number of benzene rings is 4. The maximum Gasteiger partial charge on any atom is 0.416 e. The van der Waals surface area contributed by atoms with Gasteiger partial charge in [0, 0.05) is 29.4 Å². The van der Waals surface area contributed by atoms with Crippen molar-refractivity contribution in [1.29, 1.82) is 0 Å². The van der Waals surface area contributed by atoms with Gasteiger partial charge in [0.05, 0.1) is 5.56 Å². The van der Waals surface area contributed by atoms with E-state index in [4.69, 9.17) is 4.74 Å². The van der Waals surface area contributed by atoms with E-state index in [-0.39, 0.29) is 29.5 Å². The molecule has 5 rings (SSSR count). The first-order valence-electron chi connectivity index (χ1n) is 11.7. The second kappa shape index (κ2) is 10.7. The molecule has 39 heavy (non-hydrogen) atoms. The molecule has 8 nitrogen and oxygen atoms in total. The van der Waals surface area contributed by atoms with Crippen LogP contribution >= 0.6 is 0 Å². The van der Waals surface area contributed by atoms with E-state index in [2.05, 4.69) is 30.9 Å². The summed E-state index contributed by atoms with van der Waals surface area (Å²) in [5.41, 5.74) is 0.620. The van der Waals surface area contributed by atoms with Crippen molar-refractivity contribution in [2.24, 2.45) is 0 Å². The van der Waals surface area contributed by atoms with Crippen LogP contribution in [0.3, 0.4) is 0 Å². The van der Waals surface area contributed by atoms with E-state index >= 15 is 0 Å². The molecule has 0 aliphatic heterocycles. The zero-order valence-electron chi connectivity index (χ0n) is 20.5. The van der Waals surface area contributed by atoms with Crippen molar-refractivity contribution in [2.45, 2.75) is 13.1 Å². The van der Waals surface area contributed by atoms with Gasteiger partial charge in [-0.05, 0) is 53.9 Å². The second-order valence-corrected chi connectivity index (χ2v) is 8.43. The molecule has 0 radical (unpaired) electrons. The lowest BCUT2D eigenvalue weighted by molar-refractivity contribution is -0.137. The normalized spacial score (nSPS) is 11.2. The molecule has 1 heterocycles. The Morgan fingerprint density at radius 2 is 1.46 bits per heavy atom. The van der Waals surface area contributed by atoms with E-state index in [0.29, 0.717) is 11.4 Å². The van der Waals surface area contributed by atoms with Gasteiger partial charge in [-0.3, -0.25) is 4.79 Å². The molecule has 0 aliphatic rings. The minimum atomic E-state index is -4.50. The maximum absolute atomic E-state index is 13.2. The van der Waals surface area contributed by atoms with Gasteiger partial charge in [-0.25, -0.2) is 0 Å². The third kappa shape index (κ3) is 6.39. The minimum absolute atomic E-state index is 0.0306. The topological polar surface area (TPSA) is 101 Å². The van der Waals surface area contributed by atoms with Crippen LogP contribution in [0.25, 0.3) is 10.8 Å². The number of fused-ring (bicyclic) bond motifs is 1. The Kier molecular flexibility index (Phi) is 6.96. The molecule has 3 N–H and O–H groups in total. The van der Waals surface area contributed by atoms with E-state index in [1.807, 2.05) is 42.5 Å². The first kappa shape index (κ1) is 25.5. The van der Waals surface area contributed by atoms with Crippen LogP contribution in [-0.2, 0) is 11.0 Å². The number of nitrogens with zero attached hydrogens (tertiary/aromatic N) is 3. The Morgan fingerprint density at radius 3 is 2.21 bits per heavy atom. The molecule has 11 heteroatoms. The Hall–Kier alpha value is -5.19. The summed E-state index contributed by atoms with van der Waals surface area (Å²) in [6.45, 7) is 1.40. The van der Waals surface area contributed by atoms with E-state index in [1.165, 1.54) is 19.1 Å². The lowest BCUT2D eigenvalue weighted by atomic mass is 10.1. The average Bonchev–Trinajstić information content (AvgIpc) is 2.89. The van der Waals surface area contributed by atoms with Crippen molar-refractivity contribution in [1.82, 2.24) is 15.0 Å². The van der Waals surface area contributed by atoms with Crippen LogP contribution in [0.2, 0.25) is 0 Å². The Bertz CT molecular complexity index is 1640. The van der Waals surface area contributed by atoms with Crippen molar-refractivity contribution in [3.8, 4) is 11.8 Å². The first-order chi connectivity index (χ1) is 18.7. The zero-order chi connectivity index (χ0) is 27.4. The van der Waals surface area contributed by atoms with Gasteiger partial charge in [0.1, 0.15) is 5.75 Å². The molecule has 0 fully saturated rings. The molecule has 1 aromatic heterocycles. The molecule has 0 unspecified atom stereocenters. The van der Waals surface area contributed by atoms with E-state index < -0.39 is 11.7 Å². The van der Waals surface area contributed by atoms with Gasteiger partial charge in [-0.2, -0.15) is 28.1 Å². The molecule has 0 saturated heterocycles. The Balaban J connectivity index is 1.48. The van der Waals surface area contributed by atoms with Gasteiger partial charge in [-0.1, -0.05) is 42.5 Å². The van der Waals surface area contributed by atoms with Gasteiger partial charge in [-0.15, -0.1) is 0 Å². The van der Waals surface area contributed by atoms with Crippen LogP contribution in [0.15, 0.2) is 91.0 Å². The van der Waals surface area contributed by atoms with Crippen LogP contribution in [-0.4, -0.2) is 20.9 Å². The van der Waals surface area contributed by atoms with Crippen molar-refractivity contribution < 1.29 is 22.7 Å². The Morgan fingerprint density at radius 1 is 0.769 bits per heavy atom. The summed E-state index contributed by atoms with van der Waals surface area (Å²) < 4.78 is 45.5. The summed E-state index contributed by atoms with van der Waals surface area (Å²) in [6, 6.07) is 24.6. The molecular weight excluding hydrogens is 509 g/mol. The highest BCUT2D eigenvalue weighted by Crippen LogP contribution is 2.32. The number of aromatic nitrogens is 3. The molecule has 0 bridgehead atoms. The summed E-state index contributed by atoms with van der Waals surface area (Å²) in [7, 11) is 0. The average molecular weight is 531 g/mol. The number of hydrogen-bond donors (Lipinski definition) is 3. The number of rotatable bonds is 7. The third-order valence-electron chi connectivity index (χ3n) is 5.48. The van der Waals surface area contributed by atoms with Gasteiger partial charge in [0.2, 0.25) is 17.8 Å². The maximum atomic E-state index is 13.2. The molecule has 0 atom stereocenters. The molecule has 1 amide bonds. The molecular formula is C28H21F3N6O2. The summed E-state index contributed by atoms with van der Waals surface area (Å²) in [4.78, 5) is 24.2. The van der Waals surface area contributed by atoms with Crippen LogP contribution < -0.4 is 20.7 Å². The fraction of sp³-hybridized carbons (Fsp3) is 0.0714. The largest absolute Gasteiger partial charge is 0.424 e. The fourth-order valence-corrected chi connectivity index (χ4v) is 3.79. The Labute approximate surface area is 220 Å². The van der Waals surface area contributed by atoms with Crippen molar-refractivity contribution in [2.75, 3.05) is 16.0 Å². The second-order valence-electron chi connectivity index (χ2n) is 8.43. The van der Waals surface area contributed by atoms with Gasteiger partial charge < -0.3 is 20.7 Å². The summed E-state index contributed by atoms with van der Waals surface area (Å²) in [5.74, 6) is 0.240. The number of hydrogen-bond acceptors (Lipinski definition) is 7. The predicted molar refractivity (Wildman–Crippen MR) is 143 cm³/mol. The highest BCUT2D eigenvalue weighted by atomic mass is 19.4. The van der Waals surface area contributed by atoms with Crippen LogP contribution in [0.1, 0.15) is 12.5 Å². The standard InChI is InChI=1S/C28H21F3N6O2/c1-17(38)32-20-12-14-22(15-13-20)39-27-36-25(33-21-9-5-8-19(16-21)28(29,30)31)35-26(37-27)34-24-11-4-7-18-6-2-3-10-23(18)24/h2-16H,1H3,(H,32,38)(H2,33,34,35,36,37). The number of carbonyl (C=O) groups is 1. The summed E-state index contributed by atoms with van der Waals surface area (Å²) >= 11 is 0. The SMILES string of the molecule is CC(=O)Nc1ccc(Oc2nc(Nc3cccc(C(F)(F)F)c3)nc(Nc3cccc4ccccc34)n2)cc1. The number of anilines is 5. The predicted octanol–water partition coefficient (Wildman–Crippen LogP) is 7.28. The fourth-order valence-electron chi connectivity index (χ4n) is 3.79. The van der Waals surface area contributed by atoms with Crippen LogP contribution in [0.5, 0.6) is 11.8 Å². The number of nitrogens with one attached hydrogen (secondary N) is 3. The molecule has 0 spiro atoms. The molecule has 0 aliphatic carbocycles. The first-order valence-corrected chi connectivity index (χ1v) is 11.7. The molecule has 5 aromatic rings. The molecule has 196 valence electrons. The van der Waals surface area contributed by atoms with Crippen molar-refractivity contribution in [3.63, 3.8) is 0 Å². The van der Waals surface area contributed by atoms with Crippen LogP contribution in [0, 0.1) is 0 Å². The van der Waals surface area contributed by atoms with Crippen molar-refractivity contribution >= 4 is 45.6 Å². The minimum Gasteiger partial charge on any atom is -0.424 e. The number of carbonyl (C=O) groups excluding carboxylic acids is 1. The number of ether oxygens (including phenoxy) is 1. The lowest BCUT2D eigenvalue weighted by Gasteiger charge is -2.13. The molecule has 4 aromatic carbocycles. The summed E-state index contributed by atoms with van der Waals surface area (Å²) in [6.07, 6.45) is -4.50. The van der Waals surface area contributed by atoms with E-state index in [9.17, 15) is 18.0 Å². The van der Waals surface area contributed by atoms with Crippen molar-refractivity contribution in [3.05, 3.63) is 96.6 Å². The molecule has 0 saturated carbocycles. The third-order valence-corrected chi connectivity index (χ3v) is 5.48. The quantitative estimate of drug-likeness (QED) is 0.203. The van der Waals surface area contributed by atoms with E-state index in [1.54, 1.807) is 24.3 Å². The summed E-state index contributed by atoms with van der Waals surface area (Å²) in [5, 5.41) is 10.5. The lowest BCUT2D eigenvalue weighted by Crippen LogP contribution is -2.08. The monoisotopic (exact) mass is 530 g/mol. The van der Waals surface area contributed by atoms with Gasteiger partial charge in [0.15, 0.2) is 0 Å². The highest BCUT2D eigenvalue weighted by Gasteiger charge is 2.30. The van der Waals surface area contributed by atoms with Gasteiger partial charge in [0.25, 0.3) is 0 Å².